The molecule has 2 saturated heterocycles. The standard InChI is InChI=1S/C27H27ClFN7O2/c1-2-38-15-8-16(25-17-10-31-33-26(17)34-36(25)11-15)14-6-7-22(30-9-14)35-12-18-19(13-35)24(18)32-27(37)23-20(28)4-3-5-21(23)29/h3-9,11,18-19,24,26,31,33-34H,2,10,12-13H2,1H3,(H,32,37)/t18-,19+,24?,26?. The fourth-order valence-electron chi connectivity index (χ4n) is 5.97. The zero-order valence-corrected chi connectivity index (χ0v) is 21.4. The number of hydrogen-bond donors (Lipinski definition) is 4. The van der Waals surface area contributed by atoms with E-state index in [0.717, 1.165) is 48.0 Å². The smallest absolute Gasteiger partial charge is 0.256 e. The van der Waals surface area contributed by atoms with Crippen LogP contribution in [0.4, 0.5) is 10.2 Å². The molecule has 9 nitrogen and oxygen atoms in total. The Morgan fingerprint density at radius 2 is 2.11 bits per heavy atom. The summed E-state index contributed by atoms with van der Waals surface area (Å²) < 4.78 is 19.9. The largest absolute Gasteiger partial charge is 0.492 e. The Morgan fingerprint density at radius 1 is 1.26 bits per heavy atom. The number of nitrogens with one attached hydrogen (secondary N) is 4. The first-order chi connectivity index (χ1) is 18.5. The number of carbonyl (C=O) groups is 1. The average Bonchev–Trinajstić information content (AvgIpc) is 3.31. The van der Waals surface area contributed by atoms with Crippen LogP contribution in [0.15, 0.2) is 65.8 Å². The summed E-state index contributed by atoms with van der Waals surface area (Å²) in [5.41, 5.74) is 14.2. The molecule has 1 aromatic heterocycles. The molecule has 1 amide bonds. The second-order valence-electron chi connectivity index (χ2n) is 10.1. The molecule has 38 heavy (non-hydrogen) atoms. The van der Waals surface area contributed by atoms with E-state index in [0.29, 0.717) is 18.4 Å². The van der Waals surface area contributed by atoms with Crippen LogP contribution in [0.25, 0.3) is 5.57 Å². The van der Waals surface area contributed by atoms with E-state index in [1.807, 2.05) is 30.4 Å². The monoisotopic (exact) mass is 535 g/mol. The Hall–Kier alpha value is -3.44. The molecule has 4 N–H and O–H groups in total. The van der Waals surface area contributed by atoms with Crippen LogP contribution < -0.4 is 26.5 Å². The highest BCUT2D eigenvalue weighted by atomic mass is 35.5. The highest BCUT2D eigenvalue weighted by molar-refractivity contribution is 6.33. The van der Waals surface area contributed by atoms with Crippen molar-refractivity contribution in [3.63, 3.8) is 0 Å². The minimum Gasteiger partial charge on any atom is -0.492 e. The lowest BCUT2D eigenvalue weighted by Gasteiger charge is -2.27. The fourth-order valence-corrected chi connectivity index (χ4v) is 6.22. The number of piperidine rings is 1. The van der Waals surface area contributed by atoms with E-state index in [4.69, 9.17) is 21.3 Å². The quantitative estimate of drug-likeness (QED) is 0.448. The van der Waals surface area contributed by atoms with Crippen molar-refractivity contribution in [3.05, 3.63) is 87.8 Å². The number of fused-ring (bicyclic) bond motifs is 3. The minimum absolute atomic E-state index is 0.0284. The number of benzene rings is 1. The number of hydrazine groups is 2. The third-order valence-electron chi connectivity index (χ3n) is 7.86. The lowest BCUT2D eigenvalue weighted by Crippen LogP contribution is -2.44. The van der Waals surface area contributed by atoms with Crippen molar-refractivity contribution in [2.75, 3.05) is 31.1 Å². The van der Waals surface area contributed by atoms with Gasteiger partial charge in [-0.3, -0.25) is 15.2 Å². The fraction of sp³-hybridized carbons (Fsp3) is 0.333. The van der Waals surface area contributed by atoms with Crippen LogP contribution in [0.3, 0.4) is 0 Å². The summed E-state index contributed by atoms with van der Waals surface area (Å²) in [7, 11) is 0. The first-order valence-corrected chi connectivity index (χ1v) is 13.2. The zero-order chi connectivity index (χ0) is 26.0. The van der Waals surface area contributed by atoms with E-state index < -0.39 is 11.7 Å². The lowest BCUT2D eigenvalue weighted by molar-refractivity contribution is 0.0943. The van der Waals surface area contributed by atoms with E-state index in [1.54, 1.807) is 0 Å². The van der Waals surface area contributed by atoms with E-state index in [1.165, 1.54) is 23.8 Å². The summed E-state index contributed by atoms with van der Waals surface area (Å²) in [6, 6.07) is 8.45. The second-order valence-corrected chi connectivity index (χ2v) is 10.5. The number of hydrogen-bond acceptors (Lipinski definition) is 8. The number of halogens is 2. The summed E-state index contributed by atoms with van der Waals surface area (Å²) in [4.78, 5) is 19.7. The van der Waals surface area contributed by atoms with Crippen LogP contribution in [-0.2, 0) is 4.74 Å². The van der Waals surface area contributed by atoms with Gasteiger partial charge in [0.15, 0.2) is 0 Å². The molecule has 0 radical (unpaired) electrons. The van der Waals surface area contributed by atoms with Crippen molar-refractivity contribution in [2.45, 2.75) is 19.1 Å². The number of amides is 1. The van der Waals surface area contributed by atoms with Crippen LogP contribution in [0.2, 0.25) is 5.02 Å². The molecule has 4 aliphatic heterocycles. The molecule has 1 saturated carbocycles. The molecule has 1 aromatic carbocycles. The molecule has 5 aliphatic rings. The Kier molecular flexibility index (Phi) is 5.66. The Morgan fingerprint density at radius 3 is 2.84 bits per heavy atom. The van der Waals surface area contributed by atoms with Gasteiger partial charge in [-0.25, -0.2) is 20.2 Å². The van der Waals surface area contributed by atoms with Crippen molar-refractivity contribution in [2.24, 2.45) is 11.8 Å². The molecule has 1 aliphatic carbocycles. The number of allylic oxidation sites excluding steroid dienone is 2. The molecule has 2 unspecified atom stereocenters. The number of pyridine rings is 1. The van der Waals surface area contributed by atoms with Gasteiger partial charge in [0.25, 0.3) is 5.91 Å². The summed E-state index contributed by atoms with van der Waals surface area (Å²) in [6.45, 7) is 4.89. The number of ether oxygens (including phenoxy) is 1. The van der Waals surface area contributed by atoms with Gasteiger partial charge in [-0.15, -0.1) is 0 Å². The number of anilines is 1. The highest BCUT2D eigenvalue weighted by Crippen LogP contribution is 2.47. The molecule has 196 valence electrons. The Bertz CT molecular complexity index is 1380. The molecule has 5 heterocycles. The molecule has 11 heteroatoms. The molecule has 7 rings (SSSR count). The molecule has 2 aromatic rings. The zero-order valence-electron chi connectivity index (χ0n) is 20.7. The van der Waals surface area contributed by atoms with E-state index >= 15 is 0 Å². The van der Waals surface area contributed by atoms with Gasteiger partial charge in [0.2, 0.25) is 0 Å². The van der Waals surface area contributed by atoms with Crippen LogP contribution in [0, 0.1) is 17.7 Å². The highest BCUT2D eigenvalue weighted by Gasteiger charge is 2.57. The molecule has 4 atom stereocenters. The van der Waals surface area contributed by atoms with Crippen molar-refractivity contribution in [1.29, 1.82) is 0 Å². The van der Waals surface area contributed by atoms with Gasteiger partial charge >= 0.3 is 0 Å². The van der Waals surface area contributed by atoms with Gasteiger partial charge < -0.3 is 15.0 Å². The molecule has 0 bridgehead atoms. The second kappa shape index (κ2) is 9.09. The SMILES string of the molecule is CCOC1=CN2NC3NNCC3=C2C(c2ccc(N3C[C@@H]4C(NC(=O)c5c(F)cccc5Cl)[C@@H]4C3)nc2)=C1. The van der Waals surface area contributed by atoms with E-state index in [-0.39, 0.29) is 22.8 Å². The topological polar surface area (TPSA) is 93.8 Å². The predicted octanol–water partition coefficient (Wildman–Crippen LogP) is 2.52. The maximum atomic E-state index is 14.1. The molecule has 3 fully saturated rings. The van der Waals surface area contributed by atoms with Gasteiger partial charge in [0.1, 0.15) is 23.6 Å². The van der Waals surface area contributed by atoms with Crippen LogP contribution in [0.1, 0.15) is 22.8 Å². The van der Waals surface area contributed by atoms with Crippen LogP contribution in [-0.4, -0.2) is 54.3 Å². The van der Waals surface area contributed by atoms with E-state index in [2.05, 4.69) is 38.6 Å². The van der Waals surface area contributed by atoms with Gasteiger partial charge in [-0.1, -0.05) is 17.7 Å². The van der Waals surface area contributed by atoms with Gasteiger partial charge in [-0.05, 0) is 37.3 Å². The summed E-state index contributed by atoms with van der Waals surface area (Å²) in [5, 5.41) is 5.12. The molecular weight excluding hydrogens is 509 g/mol. The number of aromatic nitrogens is 1. The van der Waals surface area contributed by atoms with Gasteiger partial charge in [-0.2, -0.15) is 0 Å². The third-order valence-corrected chi connectivity index (χ3v) is 8.18. The van der Waals surface area contributed by atoms with Crippen LogP contribution >= 0.6 is 11.6 Å². The normalized spacial score (nSPS) is 27.0. The predicted molar refractivity (Wildman–Crippen MR) is 141 cm³/mol. The third kappa shape index (κ3) is 3.87. The Labute approximate surface area is 224 Å². The first-order valence-electron chi connectivity index (χ1n) is 12.8. The minimum atomic E-state index is -0.604. The maximum Gasteiger partial charge on any atom is 0.256 e. The molecule has 0 spiro atoms. The van der Waals surface area contributed by atoms with Gasteiger partial charge in [0, 0.05) is 60.4 Å². The Balaban J connectivity index is 1.04. The van der Waals surface area contributed by atoms with Crippen molar-refractivity contribution in [3.8, 4) is 0 Å². The van der Waals surface area contributed by atoms with Gasteiger partial charge in [0.05, 0.1) is 29.1 Å². The summed E-state index contributed by atoms with van der Waals surface area (Å²) in [5.74, 6) is 1.27. The number of carbonyl (C=O) groups excluding carboxylic acids is 1. The average molecular weight is 536 g/mol. The number of nitrogens with zero attached hydrogens (tertiary/aromatic N) is 3. The van der Waals surface area contributed by atoms with Crippen molar-refractivity contribution < 1.29 is 13.9 Å². The van der Waals surface area contributed by atoms with E-state index in [9.17, 15) is 9.18 Å². The summed E-state index contributed by atoms with van der Waals surface area (Å²) >= 11 is 6.05. The van der Waals surface area contributed by atoms with Crippen molar-refractivity contribution >= 4 is 28.9 Å². The summed E-state index contributed by atoms with van der Waals surface area (Å²) in [6.07, 6.45) is 6.00. The van der Waals surface area contributed by atoms with Crippen molar-refractivity contribution in [1.82, 2.24) is 31.6 Å². The lowest BCUT2D eigenvalue weighted by atomic mass is 9.98. The van der Waals surface area contributed by atoms with Crippen LogP contribution in [0.5, 0.6) is 0 Å². The molecular formula is C27H27ClFN7O2. The maximum absolute atomic E-state index is 14.1. The first kappa shape index (κ1) is 23.7. The number of rotatable bonds is 6.